The van der Waals surface area contributed by atoms with Crippen molar-refractivity contribution in [1.82, 2.24) is 14.8 Å². The van der Waals surface area contributed by atoms with Crippen molar-refractivity contribution in [1.29, 1.82) is 0 Å². The number of hydrogen-bond acceptors (Lipinski definition) is 5. The van der Waals surface area contributed by atoms with Crippen molar-refractivity contribution >= 4 is 29.6 Å². The van der Waals surface area contributed by atoms with E-state index in [9.17, 15) is 18.0 Å². The summed E-state index contributed by atoms with van der Waals surface area (Å²) in [5, 5.41) is 14.3. The van der Waals surface area contributed by atoms with Gasteiger partial charge in [0.25, 0.3) is 5.91 Å². The number of aromatic nitrogens is 3. The molecule has 1 saturated carbocycles. The first-order valence-corrected chi connectivity index (χ1v) is 11.5. The highest BCUT2D eigenvalue weighted by molar-refractivity contribution is 7.99. The molecule has 0 bridgehead atoms. The number of carbonyl (C=O) groups is 1. The summed E-state index contributed by atoms with van der Waals surface area (Å²) in [5.74, 6) is 0.819. The molecule has 6 nitrogen and oxygen atoms in total. The molecule has 1 heterocycles. The maximum absolute atomic E-state index is 13.2. The number of amides is 1. The molecule has 1 fully saturated rings. The fourth-order valence-electron chi connectivity index (χ4n) is 3.29. The van der Waals surface area contributed by atoms with Crippen LogP contribution in [0.5, 0.6) is 0 Å². The first-order valence-electron chi connectivity index (χ1n) is 10.5. The maximum atomic E-state index is 13.2. The summed E-state index contributed by atoms with van der Waals surface area (Å²) in [4.78, 5) is 13.1. The average Bonchev–Trinajstić information content (AvgIpc) is 3.57. The molecule has 10 heteroatoms. The lowest BCUT2D eigenvalue weighted by atomic mass is 10.2. The van der Waals surface area contributed by atoms with E-state index in [-0.39, 0.29) is 11.4 Å². The molecule has 1 amide bonds. The van der Waals surface area contributed by atoms with Crippen molar-refractivity contribution in [3.63, 3.8) is 0 Å². The van der Waals surface area contributed by atoms with Crippen LogP contribution in [-0.2, 0) is 17.5 Å². The highest BCUT2D eigenvalue weighted by Gasteiger charge is 2.32. The zero-order chi connectivity index (χ0) is 23.4. The van der Waals surface area contributed by atoms with Crippen molar-refractivity contribution < 1.29 is 18.0 Å². The lowest BCUT2D eigenvalue weighted by molar-refractivity contribution is -0.137. The number of hydrogen-bond donors (Lipinski definition) is 0. The summed E-state index contributed by atoms with van der Waals surface area (Å²) < 4.78 is 41.7. The molecule has 0 saturated heterocycles. The number of halogens is 3. The summed E-state index contributed by atoms with van der Waals surface area (Å²) in [7, 11) is 0. The fraction of sp³-hybridized carbons (Fsp3) is 0.304. The Morgan fingerprint density at radius 1 is 1.18 bits per heavy atom. The second-order valence-electron chi connectivity index (χ2n) is 7.56. The summed E-state index contributed by atoms with van der Waals surface area (Å²) in [6.45, 7) is 2.67. The second kappa shape index (κ2) is 9.78. The molecule has 0 N–H and O–H groups in total. The number of nitrogens with zero attached hydrogens (tertiary/aromatic N) is 5. The maximum Gasteiger partial charge on any atom is 0.416 e. The Kier molecular flexibility index (Phi) is 6.83. The SMILES string of the molecule is CCn1c(SCC(=O)N(/N=C/c2ccccc2)c2cccc(C(F)(F)F)c2)nnc1C1CC1. The van der Waals surface area contributed by atoms with Gasteiger partial charge in [0.15, 0.2) is 5.16 Å². The average molecular weight is 474 g/mol. The minimum Gasteiger partial charge on any atom is -0.306 e. The van der Waals surface area contributed by atoms with Gasteiger partial charge in [-0.3, -0.25) is 4.79 Å². The summed E-state index contributed by atoms with van der Waals surface area (Å²) >= 11 is 1.20. The van der Waals surface area contributed by atoms with Gasteiger partial charge in [0, 0.05) is 12.5 Å². The van der Waals surface area contributed by atoms with E-state index >= 15 is 0 Å². The van der Waals surface area contributed by atoms with Gasteiger partial charge in [-0.05, 0) is 43.5 Å². The Morgan fingerprint density at radius 2 is 1.94 bits per heavy atom. The van der Waals surface area contributed by atoms with E-state index in [1.165, 1.54) is 30.1 Å². The van der Waals surface area contributed by atoms with E-state index in [1.807, 2.05) is 29.7 Å². The van der Waals surface area contributed by atoms with Crippen LogP contribution in [-0.4, -0.2) is 32.6 Å². The van der Waals surface area contributed by atoms with Crippen LogP contribution in [0, 0.1) is 0 Å². The number of anilines is 1. The van der Waals surface area contributed by atoms with E-state index < -0.39 is 17.6 Å². The van der Waals surface area contributed by atoms with Gasteiger partial charge >= 0.3 is 6.18 Å². The Labute approximate surface area is 193 Å². The molecule has 33 heavy (non-hydrogen) atoms. The molecule has 0 aliphatic heterocycles. The standard InChI is InChI=1S/C23H22F3N5OS/c1-2-30-21(17-11-12-17)28-29-22(30)33-15-20(32)31(27-14-16-7-4-3-5-8-16)19-10-6-9-18(13-19)23(24,25)26/h3-10,13-14,17H,2,11-12,15H2,1H3/b27-14+. The van der Waals surface area contributed by atoms with Crippen molar-refractivity contribution in [2.24, 2.45) is 5.10 Å². The van der Waals surface area contributed by atoms with Gasteiger partial charge in [-0.25, -0.2) is 5.01 Å². The van der Waals surface area contributed by atoms with Gasteiger partial charge in [0.1, 0.15) is 5.82 Å². The van der Waals surface area contributed by atoms with Crippen LogP contribution in [0.25, 0.3) is 0 Å². The van der Waals surface area contributed by atoms with Crippen LogP contribution in [0.4, 0.5) is 18.9 Å². The Bertz CT molecular complexity index is 1140. The van der Waals surface area contributed by atoms with Crippen molar-refractivity contribution in [2.45, 2.75) is 43.6 Å². The van der Waals surface area contributed by atoms with E-state index in [0.29, 0.717) is 17.6 Å². The molecule has 2 aromatic carbocycles. The predicted molar refractivity (Wildman–Crippen MR) is 121 cm³/mol. The lowest BCUT2D eigenvalue weighted by Crippen LogP contribution is -2.28. The van der Waals surface area contributed by atoms with Crippen molar-refractivity contribution in [2.75, 3.05) is 10.8 Å². The largest absolute Gasteiger partial charge is 0.416 e. The molecule has 0 radical (unpaired) electrons. The summed E-state index contributed by atoms with van der Waals surface area (Å²) in [5.41, 5.74) is -0.0897. The zero-order valence-corrected chi connectivity index (χ0v) is 18.7. The van der Waals surface area contributed by atoms with Gasteiger partial charge in [-0.1, -0.05) is 48.2 Å². The zero-order valence-electron chi connectivity index (χ0n) is 17.9. The number of benzene rings is 2. The molecule has 0 spiro atoms. The van der Waals surface area contributed by atoms with Crippen LogP contribution in [0.3, 0.4) is 0 Å². The molecule has 1 aliphatic carbocycles. The normalized spacial score (nSPS) is 14.1. The van der Waals surface area contributed by atoms with E-state index in [1.54, 1.807) is 12.1 Å². The molecule has 1 aliphatic rings. The fourth-order valence-corrected chi connectivity index (χ4v) is 4.14. The summed E-state index contributed by atoms with van der Waals surface area (Å²) in [6.07, 6.45) is -0.916. The minimum atomic E-state index is -4.53. The highest BCUT2D eigenvalue weighted by Crippen LogP contribution is 2.40. The van der Waals surface area contributed by atoms with Crippen molar-refractivity contribution in [3.05, 3.63) is 71.5 Å². The van der Waals surface area contributed by atoms with Gasteiger partial charge in [-0.2, -0.15) is 18.3 Å². The first-order chi connectivity index (χ1) is 15.9. The van der Waals surface area contributed by atoms with Gasteiger partial charge in [0.2, 0.25) is 0 Å². The number of alkyl halides is 3. The summed E-state index contributed by atoms with van der Waals surface area (Å²) in [6, 6.07) is 13.6. The minimum absolute atomic E-state index is 0.0400. The van der Waals surface area contributed by atoms with E-state index in [0.717, 1.165) is 41.4 Å². The third-order valence-corrected chi connectivity index (χ3v) is 6.06. The number of hydrazone groups is 1. The molecular formula is C23H22F3N5OS. The molecule has 3 aromatic rings. The number of rotatable bonds is 8. The van der Waals surface area contributed by atoms with Gasteiger partial charge in [0.05, 0.1) is 23.2 Å². The molecule has 1 aromatic heterocycles. The molecule has 172 valence electrons. The molecule has 0 unspecified atom stereocenters. The third kappa shape index (κ3) is 5.62. The topological polar surface area (TPSA) is 63.4 Å². The Morgan fingerprint density at radius 3 is 2.61 bits per heavy atom. The molecule has 0 atom stereocenters. The molecule has 4 rings (SSSR count). The Hall–Kier alpha value is -3.14. The van der Waals surface area contributed by atoms with E-state index in [4.69, 9.17) is 0 Å². The Balaban J connectivity index is 1.58. The monoisotopic (exact) mass is 473 g/mol. The van der Waals surface area contributed by atoms with Crippen LogP contribution >= 0.6 is 11.8 Å². The van der Waals surface area contributed by atoms with Crippen LogP contribution in [0.1, 0.15) is 42.6 Å². The predicted octanol–water partition coefficient (Wildman–Crippen LogP) is 5.35. The van der Waals surface area contributed by atoms with Crippen molar-refractivity contribution in [3.8, 4) is 0 Å². The van der Waals surface area contributed by atoms with Crippen LogP contribution < -0.4 is 5.01 Å². The number of thioether (sulfide) groups is 1. The van der Waals surface area contributed by atoms with Crippen LogP contribution in [0.2, 0.25) is 0 Å². The second-order valence-corrected chi connectivity index (χ2v) is 8.50. The molecular weight excluding hydrogens is 451 g/mol. The van der Waals surface area contributed by atoms with E-state index in [2.05, 4.69) is 15.3 Å². The number of carbonyl (C=O) groups excluding carboxylic acids is 1. The lowest BCUT2D eigenvalue weighted by Gasteiger charge is -2.18. The third-order valence-electron chi connectivity index (χ3n) is 5.11. The quantitative estimate of drug-likeness (QED) is 0.251. The van der Waals surface area contributed by atoms with Gasteiger partial charge in [-0.15, -0.1) is 10.2 Å². The highest BCUT2D eigenvalue weighted by atomic mass is 32.2. The smallest absolute Gasteiger partial charge is 0.306 e. The van der Waals surface area contributed by atoms with Gasteiger partial charge < -0.3 is 4.57 Å². The van der Waals surface area contributed by atoms with Crippen LogP contribution in [0.15, 0.2) is 64.9 Å². The first kappa shape index (κ1) is 23.0.